The molecule has 0 unspecified atom stereocenters. The van der Waals surface area contributed by atoms with Crippen molar-refractivity contribution in [1.82, 2.24) is 0 Å². The first-order valence-corrected chi connectivity index (χ1v) is 11.3. The molecule has 0 bridgehead atoms. The van der Waals surface area contributed by atoms with Crippen molar-refractivity contribution in [3.05, 3.63) is 96.3 Å². The highest BCUT2D eigenvalue weighted by Gasteiger charge is 2.28. The van der Waals surface area contributed by atoms with Crippen LogP contribution < -0.4 is 9.47 Å². The number of hydrogen-bond donors (Lipinski definition) is 2. The number of phenols is 1. The smallest absolute Gasteiger partial charge is 0.196 e. The lowest BCUT2D eigenvalue weighted by molar-refractivity contribution is 0.276. The van der Waals surface area contributed by atoms with Gasteiger partial charge in [0.05, 0.1) is 7.11 Å². The molecule has 31 heavy (non-hydrogen) atoms. The second kappa shape index (κ2) is 8.00. The normalized spacial score (nSPS) is 12.9. The van der Waals surface area contributed by atoms with Crippen molar-refractivity contribution in [3.8, 4) is 28.4 Å². The second-order valence-electron chi connectivity index (χ2n) is 7.28. The summed E-state index contributed by atoms with van der Waals surface area (Å²) in [6.45, 7) is 0.241. The molecule has 0 aromatic heterocycles. The average molecular weight is 433 g/mol. The van der Waals surface area contributed by atoms with Crippen molar-refractivity contribution in [3.63, 3.8) is 0 Å². The zero-order valence-corrected chi connectivity index (χ0v) is 17.8. The number of aromatic hydroxyl groups is 1. The Morgan fingerprint density at radius 1 is 0.839 bits per heavy atom. The van der Waals surface area contributed by atoms with E-state index in [2.05, 4.69) is 24.3 Å². The Morgan fingerprint density at radius 2 is 1.45 bits per heavy atom. The number of ether oxygens (including phenoxy) is 2. The molecule has 1 aliphatic rings. The molecule has 4 aromatic carbocycles. The van der Waals surface area contributed by atoms with Crippen molar-refractivity contribution < 1.29 is 19.0 Å². The van der Waals surface area contributed by atoms with E-state index >= 15 is 4.39 Å². The molecule has 1 aliphatic heterocycles. The minimum Gasteiger partial charge on any atom is -0.508 e. The molecule has 0 fully saturated rings. The third kappa shape index (κ3) is 3.51. The minimum atomic E-state index is -0.900. The van der Waals surface area contributed by atoms with E-state index in [9.17, 15) is 5.11 Å². The fourth-order valence-electron chi connectivity index (χ4n) is 3.94. The number of hydrogen-bond acceptors (Lipinski definition) is 3. The van der Waals surface area contributed by atoms with Crippen LogP contribution in [0.2, 0.25) is 0 Å². The fourth-order valence-corrected chi connectivity index (χ4v) is 6.59. The van der Waals surface area contributed by atoms with Crippen LogP contribution in [0.1, 0.15) is 5.56 Å². The molecule has 5 rings (SSSR count). The molecule has 0 radical (unpaired) electrons. The lowest BCUT2D eigenvalue weighted by atomic mass is 10.1. The first kappa shape index (κ1) is 19.5. The number of methoxy groups -OCH3 is 1. The Labute approximate surface area is 183 Å². The average Bonchev–Trinajstić information content (AvgIpc) is 3.13. The first-order chi connectivity index (χ1) is 15.2. The summed E-state index contributed by atoms with van der Waals surface area (Å²) in [7, 11) is 0.542. The topological polar surface area (TPSA) is 38.7 Å². The van der Waals surface area contributed by atoms with Gasteiger partial charge in [0.15, 0.2) is 17.3 Å². The van der Waals surface area contributed by atoms with Crippen LogP contribution in [-0.4, -0.2) is 12.2 Å². The standard InChI is InChI=1S/C26H21FO3S/c1-29-26-22(27)14-19(15-23(26)30-16-17-10-12-18(28)13-11-17)31-24-8-4-2-6-20(24)21-7-3-5-9-25(21)31/h2-15,28,31H,16H2,1H3. The Balaban J connectivity index is 1.57. The van der Waals surface area contributed by atoms with Gasteiger partial charge in [-0.2, -0.15) is 10.9 Å². The molecule has 0 saturated heterocycles. The summed E-state index contributed by atoms with van der Waals surface area (Å²) in [5.41, 5.74) is 3.27. The molecular weight excluding hydrogens is 411 g/mol. The Hall–Kier alpha value is -3.44. The number of rotatable bonds is 5. The van der Waals surface area contributed by atoms with Crippen LogP contribution >= 0.6 is 10.9 Å². The van der Waals surface area contributed by atoms with Crippen LogP contribution in [0.3, 0.4) is 0 Å². The number of halogens is 1. The Morgan fingerprint density at radius 3 is 2.06 bits per heavy atom. The van der Waals surface area contributed by atoms with Crippen LogP contribution in [0.15, 0.2) is 99.6 Å². The monoisotopic (exact) mass is 432 g/mol. The van der Waals surface area contributed by atoms with Gasteiger partial charge in [-0.25, -0.2) is 4.39 Å². The van der Waals surface area contributed by atoms with Gasteiger partial charge >= 0.3 is 0 Å². The van der Waals surface area contributed by atoms with Gasteiger partial charge in [-0.3, -0.25) is 0 Å². The van der Waals surface area contributed by atoms with Crippen LogP contribution in [0.4, 0.5) is 4.39 Å². The number of benzene rings is 4. The highest BCUT2D eigenvalue weighted by molar-refractivity contribution is 8.17. The van der Waals surface area contributed by atoms with Gasteiger partial charge < -0.3 is 14.6 Å². The van der Waals surface area contributed by atoms with Crippen molar-refractivity contribution >= 4 is 10.9 Å². The largest absolute Gasteiger partial charge is 0.508 e. The van der Waals surface area contributed by atoms with E-state index in [1.165, 1.54) is 28.0 Å². The molecular formula is C26H21FO3S. The number of phenolic OH excluding ortho intramolecular Hbond substituents is 1. The predicted octanol–water partition coefficient (Wildman–Crippen LogP) is 6.58. The summed E-state index contributed by atoms with van der Waals surface area (Å²) in [6.07, 6.45) is 0. The quantitative estimate of drug-likeness (QED) is 0.308. The van der Waals surface area contributed by atoms with Gasteiger partial charge in [0.1, 0.15) is 12.4 Å². The molecule has 0 saturated carbocycles. The molecule has 0 spiro atoms. The van der Waals surface area contributed by atoms with E-state index in [1.807, 2.05) is 30.3 Å². The van der Waals surface area contributed by atoms with Gasteiger partial charge in [-0.05, 0) is 53.1 Å². The number of thiol groups is 1. The van der Waals surface area contributed by atoms with E-state index in [4.69, 9.17) is 9.47 Å². The lowest BCUT2D eigenvalue weighted by Gasteiger charge is -2.21. The highest BCUT2D eigenvalue weighted by atomic mass is 32.2. The lowest BCUT2D eigenvalue weighted by Crippen LogP contribution is -2.00. The van der Waals surface area contributed by atoms with E-state index in [1.54, 1.807) is 30.3 Å². The minimum absolute atomic E-state index is 0.0956. The van der Waals surface area contributed by atoms with Crippen LogP contribution in [0.25, 0.3) is 11.1 Å². The van der Waals surface area contributed by atoms with Gasteiger partial charge in [-0.1, -0.05) is 48.5 Å². The molecule has 4 aromatic rings. The predicted molar refractivity (Wildman–Crippen MR) is 121 cm³/mol. The van der Waals surface area contributed by atoms with Crippen molar-refractivity contribution in [2.75, 3.05) is 7.11 Å². The number of fused-ring (bicyclic) bond motifs is 3. The van der Waals surface area contributed by atoms with E-state index < -0.39 is 16.7 Å². The summed E-state index contributed by atoms with van der Waals surface area (Å²) in [5, 5.41) is 9.47. The maximum atomic E-state index is 15.1. The maximum absolute atomic E-state index is 15.1. The van der Waals surface area contributed by atoms with Crippen LogP contribution in [-0.2, 0) is 6.61 Å². The Kier molecular flexibility index (Phi) is 5.04. The van der Waals surface area contributed by atoms with Gasteiger partial charge in [-0.15, -0.1) is 0 Å². The maximum Gasteiger partial charge on any atom is 0.196 e. The molecule has 5 heteroatoms. The molecule has 1 heterocycles. The Bertz CT molecular complexity index is 1210. The van der Waals surface area contributed by atoms with E-state index in [0.717, 1.165) is 10.5 Å². The van der Waals surface area contributed by atoms with Gasteiger partial charge in [0.2, 0.25) is 0 Å². The SMILES string of the molecule is COc1c(F)cc([SH]2c3ccccc3-c3ccccc32)cc1OCc1ccc(O)cc1. The molecule has 0 amide bonds. The van der Waals surface area contributed by atoms with Crippen LogP contribution in [0.5, 0.6) is 17.2 Å². The third-order valence-electron chi connectivity index (χ3n) is 5.37. The molecule has 0 aliphatic carbocycles. The van der Waals surface area contributed by atoms with Crippen molar-refractivity contribution in [2.24, 2.45) is 0 Å². The molecule has 1 N–H and O–H groups in total. The summed E-state index contributed by atoms with van der Waals surface area (Å²) in [4.78, 5) is 3.31. The van der Waals surface area contributed by atoms with E-state index in [-0.39, 0.29) is 18.1 Å². The van der Waals surface area contributed by atoms with Crippen molar-refractivity contribution in [2.45, 2.75) is 21.3 Å². The molecule has 156 valence electrons. The van der Waals surface area contributed by atoms with Crippen LogP contribution in [0, 0.1) is 5.82 Å². The fraction of sp³-hybridized carbons (Fsp3) is 0.0769. The summed E-state index contributed by atoms with van der Waals surface area (Å²) in [6, 6.07) is 26.8. The third-order valence-corrected chi connectivity index (χ3v) is 7.89. The van der Waals surface area contributed by atoms with Gasteiger partial charge in [0.25, 0.3) is 0 Å². The highest BCUT2D eigenvalue weighted by Crippen LogP contribution is 2.63. The van der Waals surface area contributed by atoms with Gasteiger partial charge in [0, 0.05) is 14.7 Å². The van der Waals surface area contributed by atoms with E-state index in [0.29, 0.717) is 5.75 Å². The molecule has 3 nitrogen and oxygen atoms in total. The second-order valence-corrected chi connectivity index (χ2v) is 9.43. The zero-order chi connectivity index (χ0) is 21.4. The first-order valence-electron chi connectivity index (χ1n) is 9.92. The summed E-state index contributed by atoms with van der Waals surface area (Å²) >= 11 is 0. The zero-order valence-electron chi connectivity index (χ0n) is 16.9. The summed E-state index contributed by atoms with van der Waals surface area (Å²) in [5.74, 6) is 0.217. The van der Waals surface area contributed by atoms with Crippen molar-refractivity contribution in [1.29, 1.82) is 0 Å². The molecule has 0 atom stereocenters. The summed E-state index contributed by atoms with van der Waals surface area (Å²) < 4.78 is 26.3.